The average Bonchev–Trinajstić information content (AvgIpc) is 2.23. The Morgan fingerprint density at radius 2 is 2.12 bits per heavy atom. The molecule has 4 heteroatoms. The predicted molar refractivity (Wildman–Crippen MR) is 65.5 cm³/mol. The molecule has 86 valence electrons. The van der Waals surface area contributed by atoms with E-state index >= 15 is 0 Å². The summed E-state index contributed by atoms with van der Waals surface area (Å²) in [4.78, 5) is 11.1. The molecule has 0 saturated heterocycles. The van der Waals surface area contributed by atoms with Crippen molar-refractivity contribution in [3.63, 3.8) is 0 Å². The molecule has 0 bridgehead atoms. The molecule has 1 N–H and O–H groups in total. The van der Waals surface area contributed by atoms with E-state index in [4.69, 9.17) is 0 Å². The average molecular weight is 219 g/mol. The van der Waals surface area contributed by atoms with Gasteiger partial charge in [0.05, 0.1) is 5.69 Å². The highest BCUT2D eigenvalue weighted by atomic mass is 16.1. The lowest BCUT2D eigenvalue weighted by Crippen LogP contribution is -2.42. The molecule has 4 nitrogen and oxygen atoms in total. The summed E-state index contributed by atoms with van der Waals surface area (Å²) in [6, 6.07) is 6.01. The molecule has 0 unspecified atom stereocenters. The molecular weight excluding hydrogens is 202 g/mol. The van der Waals surface area contributed by atoms with Gasteiger partial charge in [-0.05, 0) is 18.6 Å². The lowest BCUT2D eigenvalue weighted by molar-refractivity contribution is -0.114. The maximum Gasteiger partial charge on any atom is 0.221 e. The van der Waals surface area contributed by atoms with E-state index in [1.807, 2.05) is 19.2 Å². The molecule has 1 amide bonds. The SMILES string of the molecule is CC(=O)Nc1cccc2c1CCN(C)N2C. The summed E-state index contributed by atoms with van der Waals surface area (Å²) in [5, 5.41) is 7.17. The fourth-order valence-electron chi connectivity index (χ4n) is 2.05. The molecule has 1 aromatic carbocycles. The highest BCUT2D eigenvalue weighted by molar-refractivity contribution is 5.90. The van der Waals surface area contributed by atoms with Crippen LogP contribution >= 0.6 is 0 Å². The van der Waals surface area contributed by atoms with Gasteiger partial charge in [-0.2, -0.15) is 0 Å². The molecule has 2 rings (SSSR count). The zero-order valence-corrected chi connectivity index (χ0v) is 9.95. The van der Waals surface area contributed by atoms with Crippen LogP contribution in [0.15, 0.2) is 18.2 Å². The summed E-state index contributed by atoms with van der Waals surface area (Å²) in [5.74, 6) is -0.0185. The van der Waals surface area contributed by atoms with Gasteiger partial charge in [0.25, 0.3) is 0 Å². The summed E-state index contributed by atoms with van der Waals surface area (Å²) in [6.45, 7) is 2.51. The van der Waals surface area contributed by atoms with Crippen LogP contribution in [0.3, 0.4) is 0 Å². The van der Waals surface area contributed by atoms with Crippen LogP contribution < -0.4 is 10.3 Å². The van der Waals surface area contributed by atoms with E-state index in [1.165, 1.54) is 18.2 Å². The molecule has 1 aliphatic rings. The fraction of sp³-hybridized carbons (Fsp3) is 0.417. The van der Waals surface area contributed by atoms with Crippen LogP contribution in [0.2, 0.25) is 0 Å². The number of anilines is 2. The number of hydrogen-bond donors (Lipinski definition) is 1. The van der Waals surface area contributed by atoms with Gasteiger partial charge in [0.15, 0.2) is 0 Å². The van der Waals surface area contributed by atoms with Gasteiger partial charge in [-0.1, -0.05) is 6.07 Å². The third-order valence-corrected chi connectivity index (χ3v) is 3.01. The lowest BCUT2D eigenvalue weighted by Gasteiger charge is -2.37. The first kappa shape index (κ1) is 11.0. The van der Waals surface area contributed by atoms with Crippen LogP contribution in [-0.2, 0) is 11.2 Å². The second kappa shape index (κ2) is 4.14. The Hall–Kier alpha value is -1.55. The number of carbonyl (C=O) groups excluding carboxylic acids is 1. The minimum Gasteiger partial charge on any atom is -0.326 e. The molecule has 16 heavy (non-hydrogen) atoms. The number of nitrogens with zero attached hydrogens (tertiary/aromatic N) is 2. The van der Waals surface area contributed by atoms with Crippen molar-refractivity contribution in [2.45, 2.75) is 13.3 Å². The number of likely N-dealkylation sites (N-methyl/N-ethyl adjacent to an activating group) is 1. The zero-order valence-electron chi connectivity index (χ0n) is 9.95. The van der Waals surface area contributed by atoms with Crippen molar-refractivity contribution in [2.24, 2.45) is 0 Å². The third kappa shape index (κ3) is 1.88. The Kier molecular flexibility index (Phi) is 2.83. The first-order chi connectivity index (χ1) is 7.59. The van der Waals surface area contributed by atoms with Crippen molar-refractivity contribution in [1.82, 2.24) is 5.01 Å². The Morgan fingerprint density at radius 1 is 1.38 bits per heavy atom. The van der Waals surface area contributed by atoms with Gasteiger partial charge in [0.1, 0.15) is 0 Å². The number of hydrazine groups is 1. The maximum absolute atomic E-state index is 11.1. The smallest absolute Gasteiger partial charge is 0.221 e. The Bertz CT molecular complexity index is 417. The number of hydrogen-bond acceptors (Lipinski definition) is 3. The number of nitrogens with one attached hydrogen (secondary N) is 1. The molecule has 0 spiro atoms. The van der Waals surface area contributed by atoms with E-state index in [-0.39, 0.29) is 5.91 Å². The molecule has 0 saturated carbocycles. The summed E-state index contributed by atoms with van der Waals surface area (Å²) >= 11 is 0. The predicted octanol–water partition coefficient (Wildman–Crippen LogP) is 1.48. The number of fused-ring (bicyclic) bond motifs is 1. The van der Waals surface area contributed by atoms with E-state index in [2.05, 4.69) is 28.4 Å². The zero-order chi connectivity index (χ0) is 11.7. The van der Waals surface area contributed by atoms with Crippen molar-refractivity contribution >= 4 is 17.3 Å². The summed E-state index contributed by atoms with van der Waals surface area (Å²) in [6.07, 6.45) is 0.965. The number of benzene rings is 1. The molecular formula is C12H17N3O. The molecule has 0 aliphatic carbocycles. The molecule has 0 aromatic heterocycles. The highest BCUT2D eigenvalue weighted by Gasteiger charge is 2.20. The number of amides is 1. The summed E-state index contributed by atoms with van der Waals surface area (Å²) in [7, 11) is 4.10. The fourth-order valence-corrected chi connectivity index (χ4v) is 2.05. The number of rotatable bonds is 1. The monoisotopic (exact) mass is 219 g/mol. The van der Waals surface area contributed by atoms with Gasteiger partial charge >= 0.3 is 0 Å². The summed E-state index contributed by atoms with van der Waals surface area (Å²) < 4.78 is 0. The Morgan fingerprint density at radius 3 is 2.81 bits per heavy atom. The lowest BCUT2D eigenvalue weighted by atomic mass is 10.0. The van der Waals surface area contributed by atoms with Crippen LogP contribution in [0.5, 0.6) is 0 Å². The van der Waals surface area contributed by atoms with Crippen LogP contribution in [0.25, 0.3) is 0 Å². The summed E-state index contributed by atoms with van der Waals surface area (Å²) in [5.41, 5.74) is 3.32. The highest BCUT2D eigenvalue weighted by Crippen LogP contribution is 2.31. The molecule has 0 atom stereocenters. The molecule has 1 aromatic rings. The Balaban J connectivity index is 2.40. The van der Waals surface area contributed by atoms with E-state index in [1.54, 1.807) is 0 Å². The first-order valence-electron chi connectivity index (χ1n) is 5.44. The van der Waals surface area contributed by atoms with E-state index in [0.29, 0.717) is 0 Å². The maximum atomic E-state index is 11.1. The van der Waals surface area contributed by atoms with E-state index in [9.17, 15) is 4.79 Å². The third-order valence-electron chi connectivity index (χ3n) is 3.01. The van der Waals surface area contributed by atoms with E-state index < -0.39 is 0 Å². The van der Waals surface area contributed by atoms with Crippen LogP contribution in [0.1, 0.15) is 12.5 Å². The van der Waals surface area contributed by atoms with Gasteiger partial charge in [-0.3, -0.25) is 4.79 Å². The minimum absolute atomic E-state index is 0.0185. The van der Waals surface area contributed by atoms with Crippen molar-refractivity contribution in [2.75, 3.05) is 31.0 Å². The van der Waals surface area contributed by atoms with Crippen LogP contribution in [-0.4, -0.2) is 31.6 Å². The van der Waals surface area contributed by atoms with Crippen molar-refractivity contribution < 1.29 is 4.79 Å². The normalized spacial score (nSPS) is 15.8. The Labute approximate surface area is 95.8 Å². The quantitative estimate of drug-likeness (QED) is 0.777. The van der Waals surface area contributed by atoms with Gasteiger partial charge in [-0.15, -0.1) is 0 Å². The largest absolute Gasteiger partial charge is 0.326 e. The van der Waals surface area contributed by atoms with Gasteiger partial charge in [0, 0.05) is 38.8 Å². The second-order valence-corrected chi connectivity index (χ2v) is 4.14. The van der Waals surface area contributed by atoms with Gasteiger partial charge in [-0.25, -0.2) is 5.01 Å². The van der Waals surface area contributed by atoms with Crippen LogP contribution in [0.4, 0.5) is 11.4 Å². The van der Waals surface area contributed by atoms with Crippen molar-refractivity contribution in [3.05, 3.63) is 23.8 Å². The topological polar surface area (TPSA) is 35.6 Å². The van der Waals surface area contributed by atoms with Crippen molar-refractivity contribution in [3.8, 4) is 0 Å². The molecule has 0 fully saturated rings. The van der Waals surface area contributed by atoms with E-state index in [0.717, 1.165) is 18.7 Å². The standard InChI is InChI=1S/C12H17N3O/c1-9(16)13-11-5-4-6-12-10(11)7-8-14(2)15(12)3/h4-6H,7-8H2,1-3H3,(H,13,16). The molecule has 0 radical (unpaired) electrons. The number of carbonyl (C=O) groups is 1. The second-order valence-electron chi connectivity index (χ2n) is 4.14. The van der Waals surface area contributed by atoms with Crippen LogP contribution in [0, 0.1) is 0 Å². The van der Waals surface area contributed by atoms with Gasteiger partial charge in [0.2, 0.25) is 5.91 Å². The van der Waals surface area contributed by atoms with Crippen molar-refractivity contribution in [1.29, 1.82) is 0 Å². The van der Waals surface area contributed by atoms with Gasteiger partial charge < -0.3 is 10.3 Å². The molecule has 1 heterocycles. The minimum atomic E-state index is -0.0185. The first-order valence-corrected chi connectivity index (χ1v) is 5.44. The molecule has 1 aliphatic heterocycles.